The van der Waals surface area contributed by atoms with Crippen molar-refractivity contribution in [3.8, 4) is 17.2 Å². The van der Waals surface area contributed by atoms with Crippen molar-refractivity contribution < 1.29 is 29.7 Å². The van der Waals surface area contributed by atoms with E-state index in [1.165, 1.54) is 6.92 Å². The zero-order valence-electron chi connectivity index (χ0n) is 14.0. The molecule has 2 rings (SSSR count). The minimum atomic E-state index is -0.663. The van der Waals surface area contributed by atoms with Crippen molar-refractivity contribution in [2.45, 2.75) is 38.6 Å². The van der Waals surface area contributed by atoms with Crippen LogP contribution in [0.25, 0.3) is 0 Å². The molecule has 8 nitrogen and oxygen atoms in total. The standard InChI is InChI=1S/C17H22N2O6/c1-10(20)2-3-15(23)18-12-4-6-19(7-5-12)17(25)11-8-13(21)16(24)14(22)9-11/h8-9,12,21-22,24H,2-7H2,1H3,(H,18,23). The molecule has 0 unspecified atom stereocenters. The second-order valence-electron chi connectivity index (χ2n) is 6.20. The molecule has 0 aromatic heterocycles. The Morgan fingerprint density at radius 2 is 1.64 bits per heavy atom. The fraction of sp³-hybridized carbons (Fsp3) is 0.471. The summed E-state index contributed by atoms with van der Waals surface area (Å²) < 4.78 is 0. The summed E-state index contributed by atoms with van der Waals surface area (Å²) in [6.45, 7) is 2.27. The van der Waals surface area contributed by atoms with Gasteiger partial charge >= 0.3 is 0 Å². The van der Waals surface area contributed by atoms with Crippen molar-refractivity contribution >= 4 is 17.6 Å². The van der Waals surface area contributed by atoms with Crippen molar-refractivity contribution in [3.63, 3.8) is 0 Å². The van der Waals surface area contributed by atoms with Gasteiger partial charge in [0.1, 0.15) is 5.78 Å². The van der Waals surface area contributed by atoms with Crippen LogP contribution in [0.1, 0.15) is 43.0 Å². The third kappa shape index (κ3) is 4.85. The van der Waals surface area contributed by atoms with Crippen molar-refractivity contribution in [2.24, 2.45) is 0 Å². The summed E-state index contributed by atoms with van der Waals surface area (Å²) in [4.78, 5) is 36.6. The number of likely N-dealkylation sites (tertiary alicyclic amines) is 1. The Morgan fingerprint density at radius 3 is 2.16 bits per heavy atom. The van der Waals surface area contributed by atoms with E-state index in [2.05, 4.69) is 5.32 Å². The van der Waals surface area contributed by atoms with Gasteiger partial charge in [-0.2, -0.15) is 0 Å². The molecule has 0 spiro atoms. The maximum atomic E-state index is 12.4. The molecule has 8 heteroatoms. The molecule has 0 radical (unpaired) electrons. The van der Waals surface area contributed by atoms with E-state index in [9.17, 15) is 29.7 Å². The van der Waals surface area contributed by atoms with Gasteiger partial charge in [0.15, 0.2) is 17.2 Å². The van der Waals surface area contributed by atoms with Crippen LogP contribution in [0.2, 0.25) is 0 Å². The number of aromatic hydroxyl groups is 3. The molecular formula is C17H22N2O6. The van der Waals surface area contributed by atoms with E-state index in [4.69, 9.17) is 0 Å². The van der Waals surface area contributed by atoms with Gasteiger partial charge in [0.05, 0.1) is 0 Å². The highest BCUT2D eigenvalue weighted by Crippen LogP contribution is 2.35. The number of amides is 2. The van der Waals surface area contributed by atoms with Gasteiger partial charge in [-0.1, -0.05) is 0 Å². The topological polar surface area (TPSA) is 127 Å². The number of rotatable bonds is 5. The molecule has 1 aromatic rings. The molecule has 136 valence electrons. The molecule has 0 atom stereocenters. The van der Waals surface area contributed by atoms with Gasteiger partial charge in [0.2, 0.25) is 5.91 Å². The predicted octanol–water partition coefficient (Wildman–Crippen LogP) is 0.893. The van der Waals surface area contributed by atoms with Crippen LogP contribution in [-0.4, -0.2) is 56.9 Å². The smallest absolute Gasteiger partial charge is 0.254 e. The summed E-state index contributed by atoms with van der Waals surface area (Å²) in [7, 11) is 0. The quantitative estimate of drug-likeness (QED) is 0.584. The lowest BCUT2D eigenvalue weighted by Crippen LogP contribution is -2.46. The van der Waals surface area contributed by atoms with E-state index in [1.807, 2.05) is 0 Å². The summed E-state index contributed by atoms with van der Waals surface area (Å²) in [5.74, 6) is -2.35. The van der Waals surface area contributed by atoms with Crippen LogP contribution in [0.5, 0.6) is 17.2 Å². The number of phenols is 3. The van der Waals surface area contributed by atoms with Crippen LogP contribution in [0.3, 0.4) is 0 Å². The van der Waals surface area contributed by atoms with Gasteiger partial charge in [-0.05, 0) is 31.9 Å². The second-order valence-corrected chi connectivity index (χ2v) is 6.20. The number of benzene rings is 1. The molecule has 1 aromatic carbocycles. The summed E-state index contributed by atoms with van der Waals surface area (Å²) in [5, 5.41) is 31.2. The maximum absolute atomic E-state index is 12.4. The third-order valence-electron chi connectivity index (χ3n) is 4.17. The van der Waals surface area contributed by atoms with E-state index >= 15 is 0 Å². The minimum Gasteiger partial charge on any atom is -0.504 e. The van der Waals surface area contributed by atoms with E-state index in [0.717, 1.165) is 12.1 Å². The van der Waals surface area contributed by atoms with Crippen LogP contribution >= 0.6 is 0 Å². The fourth-order valence-electron chi connectivity index (χ4n) is 2.73. The van der Waals surface area contributed by atoms with Gasteiger partial charge in [0.25, 0.3) is 5.91 Å². The second kappa shape index (κ2) is 7.87. The Kier molecular flexibility index (Phi) is 5.84. The molecule has 25 heavy (non-hydrogen) atoms. The zero-order valence-corrected chi connectivity index (χ0v) is 14.0. The highest BCUT2D eigenvalue weighted by atomic mass is 16.3. The summed E-state index contributed by atoms with van der Waals surface area (Å²) in [6, 6.07) is 2.16. The van der Waals surface area contributed by atoms with Gasteiger partial charge < -0.3 is 30.3 Å². The molecule has 1 aliphatic heterocycles. The van der Waals surface area contributed by atoms with E-state index in [1.54, 1.807) is 4.90 Å². The van der Waals surface area contributed by atoms with E-state index in [-0.39, 0.29) is 42.0 Å². The van der Waals surface area contributed by atoms with E-state index < -0.39 is 17.2 Å². The number of nitrogens with one attached hydrogen (secondary N) is 1. The number of nitrogens with zero attached hydrogens (tertiary/aromatic N) is 1. The largest absolute Gasteiger partial charge is 0.504 e. The van der Waals surface area contributed by atoms with Crippen molar-refractivity contribution in [1.82, 2.24) is 10.2 Å². The Balaban J connectivity index is 1.88. The summed E-state index contributed by atoms with van der Waals surface area (Å²) in [6.07, 6.45) is 1.54. The molecule has 2 amide bonds. The summed E-state index contributed by atoms with van der Waals surface area (Å²) in [5.41, 5.74) is 0.0803. The monoisotopic (exact) mass is 350 g/mol. The van der Waals surface area contributed by atoms with Crippen LogP contribution in [-0.2, 0) is 9.59 Å². The normalized spacial score (nSPS) is 15.0. The minimum absolute atomic E-state index is 0.0315. The highest BCUT2D eigenvalue weighted by Gasteiger charge is 2.25. The number of ketones is 1. The number of Topliss-reactive ketones (excluding diaryl/α,β-unsaturated/α-hetero) is 1. The van der Waals surface area contributed by atoms with Gasteiger partial charge in [-0.15, -0.1) is 0 Å². The first-order chi connectivity index (χ1) is 11.8. The third-order valence-corrected chi connectivity index (χ3v) is 4.17. The first kappa shape index (κ1) is 18.6. The number of carbonyl (C=O) groups is 3. The molecule has 4 N–H and O–H groups in total. The number of phenolic OH excluding ortho intramolecular Hbond substituents is 3. The molecule has 0 saturated carbocycles. The van der Waals surface area contributed by atoms with Crippen LogP contribution in [0, 0.1) is 0 Å². The lowest BCUT2D eigenvalue weighted by molar-refractivity contribution is -0.125. The SMILES string of the molecule is CC(=O)CCC(=O)NC1CCN(C(=O)c2cc(O)c(O)c(O)c2)CC1. The Labute approximate surface area is 145 Å². The van der Waals surface area contributed by atoms with Crippen molar-refractivity contribution in [1.29, 1.82) is 0 Å². The van der Waals surface area contributed by atoms with Gasteiger partial charge in [-0.3, -0.25) is 9.59 Å². The maximum Gasteiger partial charge on any atom is 0.254 e. The van der Waals surface area contributed by atoms with Crippen LogP contribution < -0.4 is 5.32 Å². The molecule has 0 bridgehead atoms. The predicted molar refractivity (Wildman–Crippen MR) is 88.4 cm³/mol. The first-order valence-electron chi connectivity index (χ1n) is 8.11. The lowest BCUT2D eigenvalue weighted by Gasteiger charge is -2.32. The highest BCUT2D eigenvalue weighted by molar-refractivity contribution is 5.95. The number of hydrogen-bond acceptors (Lipinski definition) is 6. The lowest BCUT2D eigenvalue weighted by atomic mass is 10.0. The van der Waals surface area contributed by atoms with Crippen molar-refractivity contribution in [2.75, 3.05) is 13.1 Å². The zero-order chi connectivity index (χ0) is 18.6. The molecule has 1 heterocycles. The average Bonchev–Trinajstić information content (AvgIpc) is 2.57. The van der Waals surface area contributed by atoms with Crippen molar-refractivity contribution in [3.05, 3.63) is 17.7 Å². The molecule has 1 saturated heterocycles. The van der Waals surface area contributed by atoms with Crippen LogP contribution in [0.4, 0.5) is 0 Å². The summed E-state index contributed by atoms with van der Waals surface area (Å²) >= 11 is 0. The molecular weight excluding hydrogens is 328 g/mol. The number of carbonyl (C=O) groups excluding carboxylic acids is 3. The first-order valence-corrected chi connectivity index (χ1v) is 8.11. The molecule has 1 aliphatic rings. The molecule has 0 aliphatic carbocycles. The molecule has 1 fully saturated rings. The average molecular weight is 350 g/mol. The van der Waals surface area contributed by atoms with E-state index in [0.29, 0.717) is 25.9 Å². The Hall–Kier alpha value is -2.77. The fourth-order valence-corrected chi connectivity index (χ4v) is 2.73. The Bertz CT molecular complexity index is 657. The Morgan fingerprint density at radius 1 is 1.08 bits per heavy atom. The number of hydrogen-bond donors (Lipinski definition) is 4. The number of piperidine rings is 1. The van der Waals surface area contributed by atoms with Gasteiger partial charge in [0, 0.05) is 37.5 Å². The van der Waals surface area contributed by atoms with Crippen LogP contribution in [0.15, 0.2) is 12.1 Å². The van der Waals surface area contributed by atoms with Gasteiger partial charge in [-0.25, -0.2) is 0 Å².